The van der Waals surface area contributed by atoms with Crippen molar-refractivity contribution >= 4 is 46.5 Å². The fourth-order valence-electron chi connectivity index (χ4n) is 6.25. The summed E-state index contributed by atoms with van der Waals surface area (Å²) in [5.41, 5.74) is 4.78. The quantitative estimate of drug-likeness (QED) is 0.0725. The second-order valence-corrected chi connectivity index (χ2v) is 13.3. The zero-order valence-electron chi connectivity index (χ0n) is 30.1. The van der Waals surface area contributed by atoms with Crippen LogP contribution in [0.5, 0.6) is 23.0 Å². The van der Waals surface area contributed by atoms with E-state index in [9.17, 15) is 18.4 Å². The van der Waals surface area contributed by atoms with Gasteiger partial charge in [-0.1, -0.05) is 23.2 Å². The van der Waals surface area contributed by atoms with Gasteiger partial charge in [-0.05, 0) is 48.5 Å². The average molecular weight is 788 g/mol. The fourth-order valence-corrected chi connectivity index (χ4v) is 6.58. The number of nitrogens with one attached hydrogen (secondary N) is 1. The molecule has 0 aromatic heterocycles. The topological polar surface area (TPSA) is 125 Å². The van der Waals surface area contributed by atoms with Crippen LogP contribution in [0, 0.1) is 11.6 Å². The molecule has 1 amide bonds. The summed E-state index contributed by atoms with van der Waals surface area (Å²) >= 11 is 12.1. The lowest BCUT2D eigenvalue weighted by molar-refractivity contribution is 0.0597. The largest absolute Gasteiger partial charge is 0.496 e. The number of piperidine rings is 2. The molecule has 0 radical (unpaired) electrons. The van der Waals surface area contributed by atoms with Crippen molar-refractivity contribution in [2.24, 2.45) is 5.84 Å². The molecule has 2 aliphatic rings. The van der Waals surface area contributed by atoms with Gasteiger partial charge < -0.3 is 33.5 Å². The van der Waals surface area contributed by atoms with Crippen molar-refractivity contribution in [3.63, 3.8) is 0 Å². The lowest BCUT2D eigenvalue weighted by Gasteiger charge is -2.34. The number of halogens is 4. The number of nitrogens with two attached hydrogens (primary N) is 1. The lowest BCUT2D eigenvalue weighted by Crippen LogP contribution is -2.38. The van der Waals surface area contributed by atoms with Crippen LogP contribution < -0.4 is 40.0 Å². The predicted molar refractivity (Wildman–Crippen MR) is 204 cm³/mol. The lowest BCUT2D eigenvalue weighted by atomic mass is 10.1. The molecule has 2 heterocycles. The Hall–Kier alpha value is -4.98. The van der Waals surface area contributed by atoms with Gasteiger partial charge in [0.15, 0.2) is 0 Å². The average Bonchev–Trinajstić information content (AvgIpc) is 3.20. The third kappa shape index (κ3) is 10.2. The van der Waals surface area contributed by atoms with Gasteiger partial charge in [0, 0.05) is 87.5 Å². The number of hydrazine groups is 1. The van der Waals surface area contributed by atoms with Crippen molar-refractivity contribution in [3.05, 3.63) is 106 Å². The van der Waals surface area contributed by atoms with Crippen LogP contribution in [0.4, 0.5) is 20.2 Å². The van der Waals surface area contributed by atoms with Crippen LogP contribution >= 0.6 is 23.2 Å². The number of carbonyl (C=O) groups excluding carboxylic acids is 2. The Morgan fingerprint density at radius 1 is 0.648 bits per heavy atom. The van der Waals surface area contributed by atoms with E-state index >= 15 is 0 Å². The molecule has 0 spiro atoms. The Kier molecular flexibility index (Phi) is 14.0. The highest BCUT2D eigenvalue weighted by atomic mass is 35.5. The summed E-state index contributed by atoms with van der Waals surface area (Å²) in [6, 6.07) is 19.0. The summed E-state index contributed by atoms with van der Waals surface area (Å²) in [4.78, 5) is 27.9. The molecule has 54 heavy (non-hydrogen) atoms. The van der Waals surface area contributed by atoms with Gasteiger partial charge in [-0.2, -0.15) is 0 Å². The SMILES string of the molecule is COC(=O)c1ccc(N2CCC(Oc3cc(F)ccc3Cl)CC2)cc1OC.COc1cc(N2CCC(Oc3cc(F)ccc3Cl)CC2)ccc1C(=O)NN. The van der Waals surface area contributed by atoms with E-state index in [1.807, 2.05) is 24.3 Å². The molecule has 288 valence electrons. The maximum absolute atomic E-state index is 13.4. The van der Waals surface area contributed by atoms with E-state index < -0.39 is 11.9 Å². The zero-order valence-corrected chi connectivity index (χ0v) is 31.6. The van der Waals surface area contributed by atoms with Crippen molar-refractivity contribution in [1.29, 1.82) is 0 Å². The number of ether oxygens (including phenoxy) is 5. The summed E-state index contributed by atoms with van der Waals surface area (Å²) < 4.78 is 53.9. The summed E-state index contributed by atoms with van der Waals surface area (Å²) in [5.74, 6) is 5.29. The number of hydrogen-bond acceptors (Lipinski definition) is 10. The minimum absolute atomic E-state index is 0.0308. The molecule has 0 bridgehead atoms. The number of anilines is 2. The normalized spacial score (nSPS) is 14.7. The fraction of sp³-hybridized carbons (Fsp3) is 0.333. The summed E-state index contributed by atoms with van der Waals surface area (Å²) in [7, 11) is 4.37. The van der Waals surface area contributed by atoms with Crippen molar-refractivity contribution in [2.75, 3.05) is 57.3 Å². The first kappa shape index (κ1) is 40.2. The zero-order chi connectivity index (χ0) is 38.8. The third-order valence-corrected chi connectivity index (χ3v) is 9.76. The molecule has 0 aliphatic carbocycles. The van der Waals surface area contributed by atoms with Crippen LogP contribution in [0.2, 0.25) is 10.0 Å². The van der Waals surface area contributed by atoms with Crippen LogP contribution in [0.3, 0.4) is 0 Å². The van der Waals surface area contributed by atoms with E-state index in [0.29, 0.717) is 44.2 Å². The number of nitrogen functional groups attached to an aromatic ring is 1. The van der Waals surface area contributed by atoms with Gasteiger partial charge in [-0.3, -0.25) is 10.2 Å². The van der Waals surface area contributed by atoms with Gasteiger partial charge in [-0.25, -0.2) is 19.4 Å². The minimum Gasteiger partial charge on any atom is -0.496 e. The molecular weight excluding hydrogens is 745 g/mol. The molecule has 2 saturated heterocycles. The first-order valence-electron chi connectivity index (χ1n) is 17.2. The number of amides is 1. The van der Waals surface area contributed by atoms with Gasteiger partial charge >= 0.3 is 5.97 Å². The van der Waals surface area contributed by atoms with Crippen molar-refractivity contribution in [3.8, 4) is 23.0 Å². The Morgan fingerprint density at radius 2 is 1.07 bits per heavy atom. The summed E-state index contributed by atoms with van der Waals surface area (Å²) in [6.45, 7) is 3.03. The maximum Gasteiger partial charge on any atom is 0.341 e. The molecule has 6 rings (SSSR count). The van der Waals surface area contributed by atoms with Gasteiger partial charge in [0.2, 0.25) is 0 Å². The highest BCUT2D eigenvalue weighted by Crippen LogP contribution is 2.33. The number of rotatable bonds is 10. The van der Waals surface area contributed by atoms with Gasteiger partial charge in [0.1, 0.15) is 52.4 Å². The van der Waals surface area contributed by atoms with Crippen molar-refractivity contribution in [1.82, 2.24) is 5.43 Å². The third-order valence-electron chi connectivity index (χ3n) is 9.14. The molecule has 0 atom stereocenters. The van der Waals surface area contributed by atoms with E-state index in [1.165, 1.54) is 57.7 Å². The van der Waals surface area contributed by atoms with E-state index in [-0.39, 0.29) is 23.8 Å². The molecule has 3 N–H and O–H groups in total. The molecule has 0 saturated carbocycles. The molecular formula is C39H42Cl2F2N4O7. The van der Waals surface area contributed by atoms with Crippen LogP contribution in [0.25, 0.3) is 0 Å². The highest BCUT2D eigenvalue weighted by Gasteiger charge is 2.25. The molecule has 15 heteroatoms. The Morgan fingerprint density at radius 3 is 1.48 bits per heavy atom. The van der Waals surface area contributed by atoms with E-state index in [4.69, 9.17) is 52.7 Å². The van der Waals surface area contributed by atoms with Crippen molar-refractivity contribution < 1.29 is 42.1 Å². The van der Waals surface area contributed by atoms with Gasteiger partial charge in [-0.15, -0.1) is 0 Å². The molecule has 2 aliphatic heterocycles. The molecule has 4 aromatic rings. The Labute approximate surface area is 322 Å². The second kappa shape index (κ2) is 18.9. The van der Waals surface area contributed by atoms with E-state index in [1.54, 1.807) is 12.1 Å². The van der Waals surface area contributed by atoms with Crippen LogP contribution in [0.15, 0.2) is 72.8 Å². The predicted octanol–water partition coefficient (Wildman–Crippen LogP) is 7.46. The monoisotopic (exact) mass is 786 g/mol. The molecule has 11 nitrogen and oxygen atoms in total. The van der Waals surface area contributed by atoms with Gasteiger partial charge in [0.25, 0.3) is 5.91 Å². The standard InChI is InChI=1S/C20H21ClFNO4.C19H21ClFN3O3/c1-25-18-12-14(4-5-16(18)20(24)26-2)23-9-7-15(8-10-23)27-19-11-13(22)3-6-17(19)21;1-26-17-11-13(3-4-15(17)19(25)23-22)24-8-6-14(7-9-24)27-18-10-12(21)2-5-16(18)20/h3-6,11-12,15H,7-10H2,1-2H3;2-5,10-11,14H,6-9,22H2,1H3,(H,23,25). The Balaban J connectivity index is 0.000000208. The smallest absolute Gasteiger partial charge is 0.341 e. The summed E-state index contributed by atoms with van der Waals surface area (Å²) in [5, 5.41) is 0.805. The first-order valence-corrected chi connectivity index (χ1v) is 18.0. The molecule has 0 unspecified atom stereocenters. The van der Waals surface area contributed by atoms with Crippen LogP contribution in [0.1, 0.15) is 46.4 Å². The number of carbonyl (C=O) groups is 2. The number of methoxy groups -OCH3 is 3. The van der Waals surface area contributed by atoms with Crippen LogP contribution in [-0.4, -0.2) is 71.6 Å². The maximum atomic E-state index is 13.4. The van der Waals surface area contributed by atoms with Crippen molar-refractivity contribution in [2.45, 2.75) is 37.9 Å². The number of nitrogens with zero attached hydrogens (tertiary/aromatic N) is 2. The highest BCUT2D eigenvalue weighted by molar-refractivity contribution is 6.32. The number of hydrogen-bond donors (Lipinski definition) is 2. The van der Waals surface area contributed by atoms with Crippen LogP contribution in [-0.2, 0) is 4.74 Å². The van der Waals surface area contributed by atoms with E-state index in [2.05, 4.69) is 15.2 Å². The Bertz CT molecular complexity index is 1790. The second-order valence-electron chi connectivity index (χ2n) is 12.5. The van der Waals surface area contributed by atoms with E-state index in [0.717, 1.165) is 63.2 Å². The van der Waals surface area contributed by atoms with Gasteiger partial charge in [0.05, 0.1) is 36.9 Å². The minimum atomic E-state index is -0.433. The molecule has 2 fully saturated rings. The summed E-state index contributed by atoms with van der Waals surface area (Å²) in [6.07, 6.45) is 3.00. The first-order chi connectivity index (χ1) is 26.0. The number of benzene rings is 4. The molecule has 4 aromatic carbocycles. The number of esters is 1.